The lowest BCUT2D eigenvalue weighted by Crippen LogP contribution is -2.22. The minimum absolute atomic E-state index is 0.0357. The third-order valence-corrected chi connectivity index (χ3v) is 5.02. The van der Waals surface area contributed by atoms with Gasteiger partial charge in [-0.25, -0.2) is 0 Å². The van der Waals surface area contributed by atoms with E-state index in [-0.39, 0.29) is 24.5 Å². The van der Waals surface area contributed by atoms with Crippen molar-refractivity contribution in [2.75, 3.05) is 13.2 Å². The highest BCUT2D eigenvalue weighted by Crippen LogP contribution is 2.16. The molecule has 0 aliphatic heterocycles. The molecule has 0 fully saturated rings. The molecule has 0 radical (unpaired) electrons. The molecule has 0 amide bonds. The maximum atomic E-state index is 11.8. The topological polar surface area (TPSA) is 104 Å². The van der Waals surface area contributed by atoms with Crippen LogP contribution in [0.2, 0.25) is 0 Å². The van der Waals surface area contributed by atoms with E-state index in [1.807, 2.05) is 0 Å². The lowest BCUT2D eigenvalue weighted by Gasteiger charge is -2.16. The quantitative estimate of drug-likeness (QED) is 0.423. The van der Waals surface area contributed by atoms with E-state index >= 15 is 0 Å². The van der Waals surface area contributed by atoms with E-state index in [4.69, 9.17) is 14.4 Å². The van der Waals surface area contributed by atoms with Crippen LogP contribution in [0.15, 0.2) is 29.2 Å². The molecule has 1 rings (SSSR count). The van der Waals surface area contributed by atoms with E-state index in [2.05, 4.69) is 15.9 Å². The van der Waals surface area contributed by atoms with Crippen LogP contribution in [0.3, 0.4) is 0 Å². The zero-order chi connectivity index (χ0) is 19.7. The second kappa shape index (κ2) is 10.6. The number of alkyl halides is 1. The van der Waals surface area contributed by atoms with Gasteiger partial charge in [-0.15, -0.1) is 0 Å². The van der Waals surface area contributed by atoms with E-state index in [1.54, 1.807) is 39.8 Å². The Morgan fingerprint density at radius 1 is 1.00 bits per heavy atom. The van der Waals surface area contributed by atoms with Gasteiger partial charge in [-0.1, -0.05) is 28.1 Å². The van der Waals surface area contributed by atoms with Crippen LogP contribution in [-0.2, 0) is 19.6 Å². The van der Waals surface area contributed by atoms with E-state index in [0.717, 1.165) is 5.56 Å². The van der Waals surface area contributed by atoms with E-state index < -0.39 is 21.3 Å². The third kappa shape index (κ3) is 12.5. The molecule has 1 aromatic carbocycles. The second-order valence-corrected chi connectivity index (χ2v) is 9.08. The molecule has 1 aromatic rings. The van der Waals surface area contributed by atoms with Gasteiger partial charge < -0.3 is 15.3 Å². The molecule has 6 nitrogen and oxygen atoms in total. The maximum Gasteiger partial charge on any atom is 0.296 e. The summed E-state index contributed by atoms with van der Waals surface area (Å²) in [6.07, 6.45) is 0.707. The normalized spacial score (nSPS) is 12.5. The molecule has 0 saturated heterocycles. The fourth-order valence-electron chi connectivity index (χ4n) is 1.49. The smallest absolute Gasteiger partial charge is 0.296 e. The largest absolute Gasteiger partial charge is 0.396 e. The Hall–Kier alpha value is -0.510. The van der Waals surface area contributed by atoms with Crippen molar-refractivity contribution in [1.82, 2.24) is 0 Å². The van der Waals surface area contributed by atoms with Gasteiger partial charge in [-0.3, -0.25) is 4.18 Å². The minimum Gasteiger partial charge on any atom is -0.396 e. The number of halogens is 1. The summed E-state index contributed by atoms with van der Waals surface area (Å²) in [5.74, 6) is 0. The molecular weight excluding hydrogens is 412 g/mol. The van der Waals surface area contributed by atoms with Gasteiger partial charge in [0.25, 0.3) is 10.1 Å². The molecule has 0 spiro atoms. The van der Waals surface area contributed by atoms with Gasteiger partial charge in [0.1, 0.15) is 0 Å². The van der Waals surface area contributed by atoms with Crippen LogP contribution in [-0.4, -0.2) is 48.2 Å². The van der Waals surface area contributed by atoms with Crippen molar-refractivity contribution in [3.63, 3.8) is 0 Å². The summed E-state index contributed by atoms with van der Waals surface area (Å²) in [5.41, 5.74) is -0.644. The average Bonchev–Trinajstić information content (AvgIpc) is 2.45. The Bertz CT molecular complexity index is 585. The molecule has 0 unspecified atom stereocenters. The van der Waals surface area contributed by atoms with Crippen molar-refractivity contribution in [1.29, 1.82) is 0 Å². The molecule has 146 valence electrons. The standard InChI is InChI=1S/C12H17BrO4S.C5H12O2/c1-12(2,14)7-8-17-18(15,16)11-5-3-10(9-13)4-6-11;1-5(2,7)3-4-6/h3-6,14H,7-9H2,1-2H3;6-7H,3-4H2,1-2H3. The molecule has 0 aromatic heterocycles. The van der Waals surface area contributed by atoms with Gasteiger partial charge in [0.05, 0.1) is 22.7 Å². The lowest BCUT2D eigenvalue weighted by atomic mass is 10.1. The van der Waals surface area contributed by atoms with E-state index in [9.17, 15) is 13.5 Å². The number of hydrogen-bond acceptors (Lipinski definition) is 6. The SMILES string of the molecule is CC(C)(O)CCO.CC(C)(O)CCOS(=O)(=O)c1ccc(CBr)cc1. The summed E-state index contributed by atoms with van der Waals surface area (Å²) in [6, 6.07) is 6.47. The molecule has 0 aliphatic rings. The highest BCUT2D eigenvalue weighted by atomic mass is 79.9. The fraction of sp³-hybridized carbons (Fsp3) is 0.647. The van der Waals surface area contributed by atoms with Crippen LogP contribution in [0.1, 0.15) is 46.1 Å². The summed E-state index contributed by atoms with van der Waals surface area (Å²) in [4.78, 5) is 0.128. The first-order chi connectivity index (χ1) is 11.3. The zero-order valence-corrected chi connectivity index (χ0v) is 17.6. The highest BCUT2D eigenvalue weighted by Gasteiger charge is 2.18. The lowest BCUT2D eigenvalue weighted by molar-refractivity contribution is 0.0514. The molecule has 0 heterocycles. The summed E-state index contributed by atoms with van der Waals surface area (Å²) in [5, 5.41) is 27.2. The number of hydrogen-bond donors (Lipinski definition) is 3. The Morgan fingerprint density at radius 3 is 1.80 bits per heavy atom. The zero-order valence-electron chi connectivity index (χ0n) is 15.2. The molecule has 0 bridgehead atoms. The first-order valence-corrected chi connectivity index (χ1v) is 10.4. The molecule has 3 N–H and O–H groups in total. The summed E-state index contributed by atoms with van der Waals surface area (Å²) in [7, 11) is -3.73. The predicted molar refractivity (Wildman–Crippen MR) is 101 cm³/mol. The van der Waals surface area contributed by atoms with Crippen LogP contribution in [0.5, 0.6) is 0 Å². The van der Waals surface area contributed by atoms with Crippen LogP contribution >= 0.6 is 15.9 Å². The van der Waals surface area contributed by atoms with Crippen molar-refractivity contribution in [2.24, 2.45) is 0 Å². The molecule has 0 atom stereocenters. The Morgan fingerprint density at radius 2 is 1.48 bits per heavy atom. The van der Waals surface area contributed by atoms with Gasteiger partial charge in [0.2, 0.25) is 0 Å². The van der Waals surface area contributed by atoms with Crippen LogP contribution in [0.25, 0.3) is 0 Å². The maximum absolute atomic E-state index is 11.8. The third-order valence-electron chi connectivity index (χ3n) is 3.04. The number of aliphatic hydroxyl groups excluding tert-OH is 1. The molecule has 0 aliphatic carbocycles. The van der Waals surface area contributed by atoms with Gasteiger partial charge in [-0.05, 0) is 51.8 Å². The van der Waals surface area contributed by atoms with Crippen molar-refractivity contribution in [2.45, 2.75) is 62.0 Å². The number of aliphatic hydroxyl groups is 3. The van der Waals surface area contributed by atoms with Crippen LogP contribution < -0.4 is 0 Å². The van der Waals surface area contributed by atoms with Gasteiger partial charge in [0.15, 0.2) is 0 Å². The fourth-order valence-corrected chi connectivity index (χ4v) is 2.77. The van der Waals surface area contributed by atoms with Crippen molar-refractivity contribution >= 4 is 26.0 Å². The van der Waals surface area contributed by atoms with E-state index in [0.29, 0.717) is 11.8 Å². The molecule has 0 saturated carbocycles. The number of benzene rings is 1. The second-order valence-electron chi connectivity index (χ2n) is 6.90. The molecule has 25 heavy (non-hydrogen) atoms. The summed E-state index contributed by atoms with van der Waals surface area (Å²) in [6.45, 7) is 6.57. The minimum atomic E-state index is -3.73. The summed E-state index contributed by atoms with van der Waals surface area (Å²) < 4.78 is 28.5. The highest BCUT2D eigenvalue weighted by molar-refractivity contribution is 9.08. The van der Waals surface area contributed by atoms with Crippen LogP contribution in [0, 0.1) is 0 Å². The van der Waals surface area contributed by atoms with Crippen LogP contribution in [0.4, 0.5) is 0 Å². The molecular formula is C17H29BrO6S. The number of rotatable bonds is 8. The first-order valence-electron chi connectivity index (χ1n) is 7.91. The van der Waals surface area contributed by atoms with Crippen molar-refractivity contribution in [3.05, 3.63) is 29.8 Å². The monoisotopic (exact) mass is 440 g/mol. The Kier molecular flexibility index (Phi) is 10.4. The average molecular weight is 441 g/mol. The van der Waals surface area contributed by atoms with Gasteiger partial charge >= 0.3 is 0 Å². The first kappa shape index (κ1) is 24.5. The van der Waals surface area contributed by atoms with Gasteiger partial charge in [-0.2, -0.15) is 8.42 Å². The molecule has 8 heteroatoms. The summed E-state index contributed by atoms with van der Waals surface area (Å²) >= 11 is 3.29. The van der Waals surface area contributed by atoms with Gasteiger partial charge in [0, 0.05) is 18.4 Å². The van der Waals surface area contributed by atoms with Crippen molar-refractivity contribution < 1.29 is 27.9 Å². The van der Waals surface area contributed by atoms with Crippen molar-refractivity contribution in [3.8, 4) is 0 Å². The Labute approximate surface area is 159 Å². The van der Waals surface area contributed by atoms with E-state index in [1.165, 1.54) is 12.1 Å². The predicted octanol–water partition coefficient (Wildman–Crippen LogP) is 2.59. The Balaban J connectivity index is 0.000000697.